The van der Waals surface area contributed by atoms with Crippen LogP contribution in [0.2, 0.25) is 5.02 Å². The number of hydrogen-bond acceptors (Lipinski definition) is 8. The Morgan fingerprint density at radius 3 is 2.49 bits per heavy atom. The second-order valence-corrected chi connectivity index (χ2v) is 10.9. The molecular weight excluding hydrogens is 512 g/mol. The van der Waals surface area contributed by atoms with E-state index in [0.29, 0.717) is 28.1 Å². The lowest BCUT2D eigenvalue weighted by Gasteiger charge is -2.41. The Kier molecular flexibility index (Phi) is 7.20. The summed E-state index contributed by atoms with van der Waals surface area (Å²) >= 11 is 6.65. The Morgan fingerprint density at radius 2 is 1.74 bits per heavy atom. The molecule has 0 radical (unpaired) electrons. The van der Waals surface area contributed by atoms with Gasteiger partial charge in [-0.15, -0.1) is 0 Å². The zero-order valence-electron chi connectivity index (χ0n) is 22.0. The number of piperazine rings is 1. The molecule has 202 valence electrons. The van der Waals surface area contributed by atoms with E-state index in [1.54, 1.807) is 24.4 Å². The van der Waals surface area contributed by atoms with Gasteiger partial charge in [-0.2, -0.15) is 5.10 Å². The maximum absolute atomic E-state index is 10.0. The average molecular weight is 545 g/mol. The van der Waals surface area contributed by atoms with Crippen LogP contribution < -0.4 is 5.73 Å². The van der Waals surface area contributed by atoms with Crippen molar-refractivity contribution in [3.8, 4) is 17.0 Å². The van der Waals surface area contributed by atoms with Gasteiger partial charge >= 0.3 is 0 Å². The fourth-order valence-corrected chi connectivity index (χ4v) is 6.03. The van der Waals surface area contributed by atoms with Gasteiger partial charge in [0, 0.05) is 49.6 Å². The van der Waals surface area contributed by atoms with Gasteiger partial charge in [0.25, 0.3) is 0 Å². The summed E-state index contributed by atoms with van der Waals surface area (Å²) in [5.74, 6) is 0.573. The summed E-state index contributed by atoms with van der Waals surface area (Å²) in [6.45, 7) is 4.59. The fraction of sp³-hybridized carbons (Fsp3) is 0.379. The first kappa shape index (κ1) is 25.7. The highest BCUT2D eigenvalue weighted by atomic mass is 35.5. The molecule has 9 nitrogen and oxygen atoms in total. The summed E-state index contributed by atoms with van der Waals surface area (Å²) in [5, 5.41) is 16.3. The van der Waals surface area contributed by atoms with Gasteiger partial charge in [-0.3, -0.25) is 9.89 Å². The molecule has 1 saturated carbocycles. The van der Waals surface area contributed by atoms with E-state index in [-0.39, 0.29) is 11.8 Å². The Hall–Kier alpha value is -3.53. The number of rotatable bonds is 5. The number of fused-ring (bicyclic) bond motifs is 1. The van der Waals surface area contributed by atoms with E-state index in [1.165, 1.54) is 6.33 Å². The molecule has 1 saturated heterocycles. The number of nitrogen functional groups attached to an aromatic ring is 1. The number of phenols is 1. The zero-order chi connectivity index (χ0) is 26.9. The number of aliphatic imine (C=N–C) groups is 1. The van der Waals surface area contributed by atoms with Gasteiger partial charge in [0.05, 0.1) is 22.1 Å². The molecule has 3 N–H and O–H groups in total. The van der Waals surface area contributed by atoms with Crippen molar-refractivity contribution in [1.82, 2.24) is 29.5 Å². The van der Waals surface area contributed by atoms with E-state index >= 15 is 0 Å². The predicted molar refractivity (Wildman–Crippen MR) is 156 cm³/mol. The van der Waals surface area contributed by atoms with E-state index in [9.17, 15) is 5.11 Å². The Bertz CT molecular complexity index is 1500. The number of likely N-dealkylation sites (N-methyl/N-ethyl adjacent to an activating group) is 1. The molecule has 6 rings (SSSR count). The Morgan fingerprint density at radius 1 is 1.00 bits per heavy atom. The summed E-state index contributed by atoms with van der Waals surface area (Å²) in [7, 11) is 2.20. The standard InChI is InChI=1S/C29H33ClN8O/c1-36-12-14-37(15-13-36)21-7-9-22(10-8-21)38-29-26(28(31)33-18-34-29)27(35-38)19-6-11-24(23(30)16-19)32-17-20-4-2-3-5-25(20)39/h2-6,11,16-18,21-22,39H,7-10,12-15H2,1H3,(H2,31,33,34)/b32-17+. The molecule has 4 aromatic rings. The third kappa shape index (κ3) is 5.22. The van der Waals surface area contributed by atoms with Crippen LogP contribution in [0.4, 0.5) is 11.5 Å². The minimum Gasteiger partial charge on any atom is -0.507 e. The first-order valence-corrected chi connectivity index (χ1v) is 13.9. The van der Waals surface area contributed by atoms with Gasteiger partial charge in [-0.05, 0) is 57.0 Å². The van der Waals surface area contributed by atoms with Crippen molar-refractivity contribution in [2.45, 2.75) is 37.8 Å². The predicted octanol–water partition coefficient (Wildman–Crippen LogP) is 4.92. The molecule has 2 fully saturated rings. The average Bonchev–Trinajstić information content (AvgIpc) is 3.35. The smallest absolute Gasteiger partial charge is 0.164 e. The van der Waals surface area contributed by atoms with Gasteiger partial charge in [0.15, 0.2) is 5.65 Å². The Labute approximate surface area is 232 Å². The third-order valence-electron chi connectivity index (χ3n) is 8.09. The highest BCUT2D eigenvalue weighted by Crippen LogP contribution is 2.38. The van der Waals surface area contributed by atoms with Crippen molar-refractivity contribution in [3.63, 3.8) is 0 Å². The number of aromatic hydroxyl groups is 1. The van der Waals surface area contributed by atoms with Crippen molar-refractivity contribution < 1.29 is 5.11 Å². The van der Waals surface area contributed by atoms with Gasteiger partial charge < -0.3 is 15.7 Å². The largest absolute Gasteiger partial charge is 0.507 e. The first-order chi connectivity index (χ1) is 19.0. The number of nitrogens with two attached hydrogens (primary N) is 1. The van der Waals surface area contributed by atoms with Crippen LogP contribution in [0.3, 0.4) is 0 Å². The van der Waals surface area contributed by atoms with Crippen LogP contribution in [-0.4, -0.2) is 80.1 Å². The minimum atomic E-state index is 0.166. The van der Waals surface area contributed by atoms with Gasteiger partial charge in [0.2, 0.25) is 0 Å². The maximum Gasteiger partial charge on any atom is 0.164 e. The summed E-state index contributed by atoms with van der Waals surface area (Å²) in [5.41, 5.74) is 9.90. The molecule has 39 heavy (non-hydrogen) atoms. The molecule has 2 aliphatic rings. The molecule has 1 aliphatic heterocycles. The molecule has 10 heteroatoms. The summed E-state index contributed by atoms with van der Waals surface area (Å²) in [6, 6.07) is 13.6. The minimum absolute atomic E-state index is 0.166. The molecule has 0 atom stereocenters. The van der Waals surface area contributed by atoms with E-state index in [1.807, 2.05) is 24.3 Å². The van der Waals surface area contributed by atoms with Crippen LogP contribution in [-0.2, 0) is 0 Å². The second-order valence-electron chi connectivity index (χ2n) is 10.5. The van der Waals surface area contributed by atoms with Crippen LogP contribution in [0.1, 0.15) is 37.3 Å². The number of halogens is 1. The number of nitrogens with zero attached hydrogens (tertiary/aromatic N) is 7. The lowest BCUT2D eigenvalue weighted by atomic mass is 9.90. The van der Waals surface area contributed by atoms with E-state index in [0.717, 1.165) is 74.2 Å². The molecule has 2 aromatic heterocycles. The van der Waals surface area contributed by atoms with Crippen LogP contribution in [0.25, 0.3) is 22.3 Å². The number of aromatic nitrogens is 4. The topological polar surface area (TPSA) is 109 Å². The summed E-state index contributed by atoms with van der Waals surface area (Å²) in [4.78, 5) is 18.4. The van der Waals surface area contributed by atoms with Gasteiger partial charge in [-0.25, -0.2) is 14.6 Å². The molecule has 1 aliphatic carbocycles. The third-order valence-corrected chi connectivity index (χ3v) is 8.39. The molecule has 0 spiro atoms. The summed E-state index contributed by atoms with van der Waals surface area (Å²) in [6.07, 6.45) is 7.53. The molecular formula is C29H33ClN8O. The quantitative estimate of drug-likeness (QED) is 0.343. The SMILES string of the molecule is CN1CCN(C2CCC(n3nc(-c4ccc(/N=C/c5ccccc5O)c(Cl)c4)c4c(N)ncnc43)CC2)CC1. The lowest BCUT2D eigenvalue weighted by molar-refractivity contribution is 0.0815. The van der Waals surface area contributed by atoms with E-state index in [4.69, 9.17) is 22.4 Å². The zero-order valence-corrected chi connectivity index (χ0v) is 22.8. The highest BCUT2D eigenvalue weighted by Gasteiger charge is 2.30. The number of hydrogen-bond donors (Lipinski definition) is 2. The van der Waals surface area contributed by atoms with Crippen LogP contribution in [0.15, 0.2) is 53.8 Å². The molecule has 0 amide bonds. The second kappa shape index (κ2) is 10.9. The number of anilines is 1. The van der Waals surface area contributed by atoms with Crippen LogP contribution >= 0.6 is 11.6 Å². The van der Waals surface area contributed by atoms with Crippen molar-refractivity contribution >= 4 is 40.4 Å². The fourth-order valence-electron chi connectivity index (χ4n) is 5.80. The van der Waals surface area contributed by atoms with Crippen LogP contribution in [0, 0.1) is 0 Å². The molecule has 2 aromatic carbocycles. The molecule has 0 unspecified atom stereocenters. The normalized spacial score (nSPS) is 21.2. The summed E-state index contributed by atoms with van der Waals surface area (Å²) < 4.78 is 2.06. The van der Waals surface area contributed by atoms with Crippen molar-refractivity contribution in [1.29, 1.82) is 0 Å². The molecule has 3 heterocycles. The first-order valence-electron chi connectivity index (χ1n) is 13.5. The van der Waals surface area contributed by atoms with Gasteiger partial charge in [0.1, 0.15) is 23.6 Å². The van der Waals surface area contributed by atoms with Gasteiger partial charge in [-0.1, -0.05) is 29.8 Å². The number of benzene rings is 2. The monoisotopic (exact) mass is 544 g/mol. The maximum atomic E-state index is 10.0. The van der Waals surface area contributed by atoms with E-state index in [2.05, 4.69) is 36.5 Å². The number of para-hydroxylation sites is 1. The highest BCUT2D eigenvalue weighted by molar-refractivity contribution is 6.33. The van der Waals surface area contributed by atoms with Crippen molar-refractivity contribution in [2.24, 2.45) is 4.99 Å². The van der Waals surface area contributed by atoms with Crippen molar-refractivity contribution in [2.75, 3.05) is 39.0 Å². The lowest BCUT2D eigenvalue weighted by Crippen LogP contribution is -2.49. The van der Waals surface area contributed by atoms with Crippen LogP contribution in [0.5, 0.6) is 5.75 Å². The van der Waals surface area contributed by atoms with E-state index < -0.39 is 0 Å². The number of phenolic OH excluding ortho intramolecular Hbond substituents is 1. The Balaban J connectivity index is 1.26. The molecule has 0 bridgehead atoms. The van der Waals surface area contributed by atoms with Crippen molar-refractivity contribution in [3.05, 3.63) is 59.4 Å².